The molecule has 0 bridgehead atoms. The van der Waals surface area contributed by atoms with E-state index < -0.39 is 39.7 Å². The molecule has 0 aliphatic rings. The first-order valence-electron chi connectivity index (χ1n) is 9.00. The number of halogens is 1. The highest BCUT2D eigenvalue weighted by molar-refractivity contribution is 8.13. The van der Waals surface area contributed by atoms with Gasteiger partial charge in [0, 0.05) is 44.9 Å². The molecule has 0 fully saturated rings. The summed E-state index contributed by atoms with van der Waals surface area (Å²) in [5, 5.41) is 5.59. The highest BCUT2D eigenvalue weighted by atomic mass is 35.7. The van der Waals surface area contributed by atoms with Crippen molar-refractivity contribution in [2.75, 3.05) is 0 Å². The molecule has 4 rings (SSSR count). The summed E-state index contributed by atoms with van der Waals surface area (Å²) >= 11 is 0. The highest BCUT2D eigenvalue weighted by Gasteiger charge is 2.17. The Labute approximate surface area is 187 Å². The molecule has 32 heavy (non-hydrogen) atoms. The SMILES string of the molecule is Cc1ccc2[nH]cc(S(=O)(=O)Cl)c(=O)c2c1.Cc1ccc2[nH]cc(S(N)(=O)=O)c(=O)c2c1. The maximum absolute atomic E-state index is 11.8. The standard InChI is InChI=1S/C10H8ClNO3S.C10H10N2O3S/c2*1-6-2-3-8-7(4-6)10(13)9(5-12-8)16(11,14)15/h2-5H,1H3,(H,12,13);2-5H,1H3,(H,12,13)(H2,11,14,15). The minimum atomic E-state index is -4.01. The Hall–Kier alpha value is -2.99. The van der Waals surface area contributed by atoms with Crippen molar-refractivity contribution in [2.24, 2.45) is 5.14 Å². The van der Waals surface area contributed by atoms with Crippen LogP contribution in [-0.4, -0.2) is 26.8 Å². The Morgan fingerprint density at radius 2 is 1.16 bits per heavy atom. The summed E-state index contributed by atoms with van der Waals surface area (Å²) in [4.78, 5) is 28.3. The molecule has 2 aromatic heterocycles. The number of sulfonamides is 1. The van der Waals surface area contributed by atoms with Gasteiger partial charge in [0.05, 0.1) is 0 Å². The molecule has 0 saturated heterocycles. The molecule has 2 aromatic carbocycles. The van der Waals surface area contributed by atoms with E-state index in [1.165, 1.54) is 0 Å². The zero-order chi connectivity index (χ0) is 23.8. The van der Waals surface area contributed by atoms with Gasteiger partial charge in [0.2, 0.25) is 20.9 Å². The lowest BCUT2D eigenvalue weighted by Crippen LogP contribution is -2.22. The third-order valence-corrected chi connectivity index (χ3v) is 6.82. The van der Waals surface area contributed by atoms with Crippen LogP contribution < -0.4 is 16.0 Å². The van der Waals surface area contributed by atoms with Gasteiger partial charge in [-0.05, 0) is 38.1 Å². The van der Waals surface area contributed by atoms with Gasteiger partial charge in [-0.1, -0.05) is 23.3 Å². The molecule has 0 unspecified atom stereocenters. The van der Waals surface area contributed by atoms with Gasteiger partial charge in [-0.15, -0.1) is 0 Å². The summed E-state index contributed by atoms with van der Waals surface area (Å²) in [6, 6.07) is 10.3. The Bertz CT molecular complexity index is 1560. The first-order valence-corrected chi connectivity index (χ1v) is 12.9. The largest absolute Gasteiger partial charge is 0.360 e. The number of H-pyrrole nitrogens is 2. The average molecular weight is 496 g/mol. The fourth-order valence-corrected chi connectivity index (χ4v) is 4.49. The van der Waals surface area contributed by atoms with Crippen molar-refractivity contribution < 1.29 is 16.8 Å². The number of rotatable bonds is 2. The molecular formula is C20H18ClN3O6S2. The van der Waals surface area contributed by atoms with E-state index >= 15 is 0 Å². The van der Waals surface area contributed by atoms with Crippen molar-refractivity contribution in [3.05, 3.63) is 80.4 Å². The van der Waals surface area contributed by atoms with Crippen LogP contribution in [0.4, 0.5) is 0 Å². The number of nitrogens with two attached hydrogens (primary N) is 1. The number of primary sulfonamides is 1. The van der Waals surface area contributed by atoms with Crippen molar-refractivity contribution in [2.45, 2.75) is 23.6 Å². The predicted molar refractivity (Wildman–Crippen MR) is 123 cm³/mol. The average Bonchev–Trinajstić information content (AvgIpc) is 2.68. The monoisotopic (exact) mass is 495 g/mol. The van der Waals surface area contributed by atoms with E-state index in [2.05, 4.69) is 9.97 Å². The maximum atomic E-state index is 11.8. The Kier molecular flexibility index (Phi) is 6.29. The molecule has 2 heterocycles. The van der Waals surface area contributed by atoms with Gasteiger partial charge in [-0.2, -0.15) is 0 Å². The third kappa shape index (κ3) is 4.91. The fourth-order valence-electron chi connectivity index (χ4n) is 3.02. The number of hydrogen-bond donors (Lipinski definition) is 3. The number of aryl methyl sites for hydroxylation is 2. The number of hydrogen-bond acceptors (Lipinski definition) is 6. The molecule has 12 heteroatoms. The summed E-state index contributed by atoms with van der Waals surface area (Å²) in [7, 11) is -2.83. The topological polar surface area (TPSA) is 160 Å². The van der Waals surface area contributed by atoms with Crippen molar-refractivity contribution in [3.63, 3.8) is 0 Å². The summed E-state index contributed by atoms with van der Waals surface area (Å²) in [5.74, 6) is 0. The van der Waals surface area contributed by atoms with E-state index in [0.717, 1.165) is 23.5 Å². The van der Waals surface area contributed by atoms with Gasteiger partial charge in [0.15, 0.2) is 0 Å². The second kappa shape index (κ2) is 8.51. The zero-order valence-electron chi connectivity index (χ0n) is 16.8. The normalized spacial score (nSPS) is 11.9. The Morgan fingerprint density at radius 3 is 1.56 bits per heavy atom. The molecule has 0 saturated carbocycles. The van der Waals surface area contributed by atoms with Crippen molar-refractivity contribution in [1.29, 1.82) is 0 Å². The van der Waals surface area contributed by atoms with Crippen LogP contribution in [0.25, 0.3) is 21.8 Å². The molecule has 0 spiro atoms. The van der Waals surface area contributed by atoms with Gasteiger partial charge >= 0.3 is 0 Å². The van der Waals surface area contributed by atoms with Gasteiger partial charge in [0.1, 0.15) is 9.79 Å². The summed E-state index contributed by atoms with van der Waals surface area (Å²) < 4.78 is 44.5. The number of aromatic amines is 2. The molecule has 4 aromatic rings. The summed E-state index contributed by atoms with van der Waals surface area (Å²) in [5.41, 5.74) is 1.78. The first kappa shape index (κ1) is 23.7. The van der Waals surface area contributed by atoms with Crippen molar-refractivity contribution in [1.82, 2.24) is 9.97 Å². The van der Waals surface area contributed by atoms with Gasteiger partial charge < -0.3 is 9.97 Å². The lowest BCUT2D eigenvalue weighted by Gasteiger charge is -2.02. The molecule has 0 radical (unpaired) electrons. The minimum Gasteiger partial charge on any atom is -0.360 e. The second-order valence-electron chi connectivity index (χ2n) is 7.05. The number of nitrogens with one attached hydrogen (secondary N) is 2. The molecule has 0 aliphatic carbocycles. The zero-order valence-corrected chi connectivity index (χ0v) is 19.2. The molecule has 0 atom stereocenters. The number of fused-ring (bicyclic) bond motifs is 2. The molecule has 0 amide bonds. The molecular weight excluding hydrogens is 478 g/mol. The van der Waals surface area contributed by atoms with Crippen molar-refractivity contribution in [3.8, 4) is 0 Å². The van der Waals surface area contributed by atoms with Gasteiger partial charge in [0.25, 0.3) is 9.05 Å². The van der Waals surface area contributed by atoms with E-state index in [0.29, 0.717) is 21.8 Å². The van der Waals surface area contributed by atoms with Crippen LogP contribution in [0, 0.1) is 13.8 Å². The van der Waals surface area contributed by atoms with Crippen LogP contribution in [0.3, 0.4) is 0 Å². The van der Waals surface area contributed by atoms with E-state index in [1.807, 2.05) is 26.0 Å². The first-order chi connectivity index (χ1) is 14.8. The quantitative estimate of drug-likeness (QED) is 0.361. The molecule has 168 valence electrons. The van der Waals surface area contributed by atoms with E-state index in [1.54, 1.807) is 24.3 Å². The summed E-state index contributed by atoms with van der Waals surface area (Å²) in [6.45, 7) is 3.64. The van der Waals surface area contributed by atoms with Crippen LogP contribution in [-0.2, 0) is 19.1 Å². The van der Waals surface area contributed by atoms with Crippen LogP contribution in [0.1, 0.15) is 11.1 Å². The smallest absolute Gasteiger partial charge is 0.266 e. The highest BCUT2D eigenvalue weighted by Crippen LogP contribution is 2.15. The lowest BCUT2D eigenvalue weighted by molar-refractivity contribution is 0.596. The Balaban J connectivity index is 0.000000181. The van der Waals surface area contributed by atoms with Crippen LogP contribution in [0.2, 0.25) is 0 Å². The fraction of sp³-hybridized carbons (Fsp3) is 0.100. The second-order valence-corrected chi connectivity index (χ2v) is 11.1. The molecule has 0 aliphatic heterocycles. The third-order valence-electron chi connectivity index (χ3n) is 4.57. The predicted octanol–water partition coefficient (Wildman–Crippen LogP) is 2.25. The lowest BCUT2D eigenvalue weighted by atomic mass is 10.1. The number of aromatic nitrogens is 2. The van der Waals surface area contributed by atoms with Gasteiger partial charge in [-0.3, -0.25) is 9.59 Å². The molecule has 9 nitrogen and oxygen atoms in total. The Morgan fingerprint density at radius 1 is 0.750 bits per heavy atom. The van der Waals surface area contributed by atoms with E-state index in [9.17, 15) is 26.4 Å². The van der Waals surface area contributed by atoms with Crippen LogP contribution in [0.15, 0.2) is 68.2 Å². The molecule has 4 N–H and O–H groups in total. The van der Waals surface area contributed by atoms with Gasteiger partial charge in [-0.25, -0.2) is 22.0 Å². The van der Waals surface area contributed by atoms with Crippen LogP contribution in [0.5, 0.6) is 0 Å². The number of pyridine rings is 2. The van der Waals surface area contributed by atoms with Crippen molar-refractivity contribution >= 4 is 51.6 Å². The maximum Gasteiger partial charge on any atom is 0.266 e. The van der Waals surface area contributed by atoms with E-state index in [4.69, 9.17) is 15.8 Å². The van der Waals surface area contributed by atoms with Crippen LogP contribution >= 0.6 is 10.7 Å². The van der Waals surface area contributed by atoms with E-state index in [-0.39, 0.29) is 0 Å². The summed E-state index contributed by atoms with van der Waals surface area (Å²) in [6.07, 6.45) is 2.23. The minimum absolute atomic E-state index is 0.321. The number of benzene rings is 2.